The van der Waals surface area contributed by atoms with Crippen molar-refractivity contribution in [1.82, 2.24) is 0 Å². The zero-order valence-corrected chi connectivity index (χ0v) is 7.65. The Balaban J connectivity index is 2.71. The first-order valence-electron chi connectivity index (χ1n) is 3.54. The van der Waals surface area contributed by atoms with Crippen LogP contribution in [0.3, 0.4) is 0 Å². The van der Waals surface area contributed by atoms with Crippen molar-refractivity contribution in [3.63, 3.8) is 0 Å². The molecule has 0 aliphatic carbocycles. The molecule has 1 aromatic rings. The molecule has 11 heavy (non-hydrogen) atoms. The zero-order chi connectivity index (χ0) is 8.27. The molecule has 0 aliphatic heterocycles. The van der Waals surface area contributed by atoms with E-state index >= 15 is 0 Å². The molecule has 0 heterocycles. The van der Waals surface area contributed by atoms with Gasteiger partial charge in [0.05, 0.1) is 6.26 Å². The Labute approximate surface area is 70.6 Å². The van der Waals surface area contributed by atoms with Gasteiger partial charge in [0.25, 0.3) is 0 Å². The molecular weight excluding hydrogens is 156 g/mol. The minimum absolute atomic E-state index is 0.668. The third-order valence-corrected chi connectivity index (χ3v) is 2.19. The molecule has 0 radical (unpaired) electrons. The van der Waals surface area contributed by atoms with Crippen molar-refractivity contribution in [2.75, 3.05) is 6.26 Å². The first-order valence-corrected chi connectivity index (χ1v) is 5.27. The van der Waals surface area contributed by atoms with Crippen LogP contribution in [0.4, 0.5) is 0 Å². The fraction of sp³-hybridized carbons (Fsp3) is 0.333. The second-order valence-corrected chi connectivity index (χ2v) is 4.14. The van der Waals surface area contributed by atoms with Crippen LogP contribution in [0.1, 0.15) is 11.1 Å². The van der Waals surface area contributed by atoms with Gasteiger partial charge in [0.2, 0.25) is 0 Å². The molecule has 60 valence electrons. The molecule has 1 aromatic carbocycles. The van der Waals surface area contributed by atoms with E-state index in [-0.39, 0.29) is 0 Å². The van der Waals surface area contributed by atoms with Gasteiger partial charge in [0.15, 0.2) is 0 Å². The smallest absolute Gasteiger partial charge is 0.130 e. The molecular formula is C9H12OS. The van der Waals surface area contributed by atoms with Crippen LogP contribution >= 0.6 is 0 Å². The second-order valence-electron chi connectivity index (χ2n) is 2.71. The molecule has 2 heteroatoms. The maximum absolute atomic E-state index is 10.8. The lowest BCUT2D eigenvalue weighted by atomic mass is 10.2. The van der Waals surface area contributed by atoms with E-state index < -0.39 is 11.2 Å². The van der Waals surface area contributed by atoms with E-state index in [1.165, 1.54) is 5.56 Å². The standard InChI is InChI=1S/C9H12OS/c1-8-4-3-5-9(6-8)7-11(2)10/h3-6H,7H2,1-2H3. The Morgan fingerprint density at radius 2 is 2.18 bits per heavy atom. The summed E-state index contributed by atoms with van der Waals surface area (Å²) in [7, 11) is 0. The number of hydrogen-bond acceptors (Lipinski definition) is 1. The highest BCUT2D eigenvalue weighted by molar-refractivity contribution is 7.89. The molecule has 1 unspecified atom stereocenters. The van der Waals surface area contributed by atoms with Crippen molar-refractivity contribution in [3.05, 3.63) is 35.4 Å². The molecule has 1 rings (SSSR count). The summed E-state index contributed by atoms with van der Waals surface area (Å²) in [5, 5.41) is 0. The molecule has 0 aromatic heterocycles. The first-order chi connectivity index (χ1) is 5.18. The van der Waals surface area contributed by atoms with E-state index in [0.29, 0.717) is 5.75 Å². The zero-order valence-electron chi connectivity index (χ0n) is 6.83. The predicted molar refractivity (Wildman–Crippen MR) is 48.9 cm³/mol. The molecule has 0 aliphatic rings. The van der Waals surface area contributed by atoms with E-state index in [0.717, 1.165) is 5.56 Å². The molecule has 1 nitrogen and oxygen atoms in total. The van der Waals surface area contributed by atoms with Gasteiger partial charge in [-0.25, -0.2) is 0 Å². The van der Waals surface area contributed by atoms with Gasteiger partial charge in [0, 0.05) is 5.56 Å². The lowest BCUT2D eigenvalue weighted by molar-refractivity contribution is 0.600. The molecule has 0 spiro atoms. The molecule has 0 saturated heterocycles. The van der Waals surface area contributed by atoms with Crippen LogP contribution in [0.25, 0.3) is 0 Å². The van der Waals surface area contributed by atoms with Gasteiger partial charge in [-0.1, -0.05) is 41.0 Å². The Morgan fingerprint density at radius 3 is 2.73 bits per heavy atom. The van der Waals surface area contributed by atoms with Crippen molar-refractivity contribution < 1.29 is 4.55 Å². The Hall–Kier alpha value is -0.470. The van der Waals surface area contributed by atoms with E-state index in [1.807, 2.05) is 25.1 Å². The topological polar surface area (TPSA) is 23.1 Å². The minimum Gasteiger partial charge on any atom is -0.616 e. The van der Waals surface area contributed by atoms with E-state index in [9.17, 15) is 4.55 Å². The normalized spacial score (nSPS) is 13.0. The van der Waals surface area contributed by atoms with Crippen LogP contribution < -0.4 is 0 Å². The van der Waals surface area contributed by atoms with Crippen molar-refractivity contribution >= 4 is 11.2 Å². The first kappa shape index (κ1) is 8.62. The Morgan fingerprint density at radius 1 is 1.45 bits per heavy atom. The Kier molecular flexibility index (Phi) is 2.97. The number of benzene rings is 1. The third kappa shape index (κ3) is 2.95. The fourth-order valence-corrected chi connectivity index (χ4v) is 1.69. The summed E-state index contributed by atoms with van der Waals surface area (Å²) in [6.45, 7) is 2.04. The van der Waals surface area contributed by atoms with Crippen LogP contribution in [-0.4, -0.2) is 10.8 Å². The summed E-state index contributed by atoms with van der Waals surface area (Å²) in [5.74, 6) is 0.668. The average Bonchev–Trinajstić information content (AvgIpc) is 1.85. The largest absolute Gasteiger partial charge is 0.616 e. The van der Waals surface area contributed by atoms with E-state index in [1.54, 1.807) is 6.26 Å². The summed E-state index contributed by atoms with van der Waals surface area (Å²) in [6.07, 6.45) is 1.72. The summed E-state index contributed by atoms with van der Waals surface area (Å²) in [6, 6.07) is 8.12. The highest BCUT2D eigenvalue weighted by Gasteiger charge is 1.99. The van der Waals surface area contributed by atoms with Crippen LogP contribution in [0.5, 0.6) is 0 Å². The van der Waals surface area contributed by atoms with E-state index in [4.69, 9.17) is 0 Å². The van der Waals surface area contributed by atoms with Gasteiger partial charge in [-0.2, -0.15) is 0 Å². The van der Waals surface area contributed by atoms with Gasteiger partial charge in [-0.15, -0.1) is 0 Å². The quantitative estimate of drug-likeness (QED) is 0.618. The van der Waals surface area contributed by atoms with Crippen molar-refractivity contribution in [2.45, 2.75) is 12.7 Å². The summed E-state index contributed by atoms with van der Waals surface area (Å²) in [4.78, 5) is 0. The van der Waals surface area contributed by atoms with Gasteiger partial charge in [-0.05, 0) is 6.92 Å². The number of hydrogen-bond donors (Lipinski definition) is 0. The monoisotopic (exact) mass is 168 g/mol. The van der Waals surface area contributed by atoms with Gasteiger partial charge >= 0.3 is 0 Å². The van der Waals surface area contributed by atoms with Crippen LogP contribution in [0.15, 0.2) is 24.3 Å². The van der Waals surface area contributed by atoms with Crippen molar-refractivity contribution in [1.29, 1.82) is 0 Å². The average molecular weight is 168 g/mol. The maximum atomic E-state index is 10.8. The highest BCUT2D eigenvalue weighted by Crippen LogP contribution is 2.07. The molecule has 0 amide bonds. The predicted octanol–water partition coefficient (Wildman–Crippen LogP) is 1.87. The summed E-state index contributed by atoms with van der Waals surface area (Å²) < 4.78 is 10.8. The van der Waals surface area contributed by atoms with Gasteiger partial charge in [0.1, 0.15) is 5.75 Å². The molecule has 0 fully saturated rings. The van der Waals surface area contributed by atoms with Crippen LogP contribution in [-0.2, 0) is 16.9 Å². The maximum Gasteiger partial charge on any atom is 0.130 e. The van der Waals surface area contributed by atoms with Gasteiger partial charge in [-0.3, -0.25) is 0 Å². The molecule has 0 saturated carbocycles. The third-order valence-electron chi connectivity index (χ3n) is 1.45. The van der Waals surface area contributed by atoms with Gasteiger partial charge < -0.3 is 4.55 Å². The number of aryl methyl sites for hydroxylation is 1. The lowest BCUT2D eigenvalue weighted by Gasteiger charge is -2.04. The summed E-state index contributed by atoms with van der Waals surface area (Å²) >= 11 is -0.725. The second kappa shape index (κ2) is 3.79. The van der Waals surface area contributed by atoms with Crippen LogP contribution in [0, 0.1) is 6.92 Å². The SMILES string of the molecule is Cc1cccc(C[S+](C)[O-])c1. The highest BCUT2D eigenvalue weighted by atomic mass is 32.2. The Bertz CT molecular complexity index is 233. The molecule has 0 N–H and O–H groups in total. The van der Waals surface area contributed by atoms with Crippen LogP contribution in [0.2, 0.25) is 0 Å². The minimum atomic E-state index is -0.725. The lowest BCUT2D eigenvalue weighted by Crippen LogP contribution is -2.00. The summed E-state index contributed by atoms with van der Waals surface area (Å²) in [5.41, 5.74) is 2.39. The number of rotatable bonds is 2. The van der Waals surface area contributed by atoms with Crippen molar-refractivity contribution in [3.8, 4) is 0 Å². The molecule has 0 bridgehead atoms. The fourth-order valence-electron chi connectivity index (χ4n) is 1.04. The molecule has 1 atom stereocenters. The van der Waals surface area contributed by atoms with Crippen molar-refractivity contribution in [2.24, 2.45) is 0 Å². The van der Waals surface area contributed by atoms with E-state index in [2.05, 4.69) is 6.07 Å².